The predicted octanol–water partition coefficient (Wildman–Crippen LogP) is 3.23. The Balaban J connectivity index is 2.36. The monoisotopic (exact) mass is 378 g/mol. The highest BCUT2D eigenvalue weighted by Gasteiger charge is 2.27. The molecule has 1 heterocycles. The summed E-state index contributed by atoms with van der Waals surface area (Å²) >= 11 is 0. The molecule has 2 aromatic rings. The molecule has 0 amide bonds. The van der Waals surface area contributed by atoms with Crippen LogP contribution in [0.25, 0.3) is 0 Å². The van der Waals surface area contributed by atoms with Crippen molar-refractivity contribution in [2.24, 2.45) is 11.7 Å². The van der Waals surface area contributed by atoms with E-state index in [1.165, 1.54) is 5.56 Å². The number of benzene rings is 1. The summed E-state index contributed by atoms with van der Waals surface area (Å²) in [6, 6.07) is 7.33. The number of hydrogen-bond donors (Lipinski definition) is 1. The van der Waals surface area contributed by atoms with E-state index in [2.05, 4.69) is 31.0 Å². The van der Waals surface area contributed by atoms with Gasteiger partial charge in [-0.25, -0.2) is 8.42 Å². The minimum absolute atomic E-state index is 0.00148. The van der Waals surface area contributed by atoms with Crippen molar-refractivity contribution in [2.75, 3.05) is 0 Å². The van der Waals surface area contributed by atoms with Crippen LogP contribution in [0.1, 0.15) is 64.5 Å². The summed E-state index contributed by atoms with van der Waals surface area (Å²) in [6.45, 7) is 12.7. The van der Waals surface area contributed by atoms with Gasteiger partial charge >= 0.3 is 0 Å². The molecule has 144 valence electrons. The van der Waals surface area contributed by atoms with Crippen LogP contribution in [0.5, 0.6) is 0 Å². The number of nitrogens with zero attached hydrogens (tertiary/aromatic N) is 3. The summed E-state index contributed by atoms with van der Waals surface area (Å²) in [5.41, 5.74) is 7.87. The van der Waals surface area contributed by atoms with Crippen molar-refractivity contribution in [2.45, 2.75) is 70.5 Å². The standard InChI is InChI=1S/C19H30N4O2S/c1-13(2)11-23-17(14(3)20)21-22-18(23)26(24,25)12-15-7-9-16(10-8-15)19(4,5)6/h7-10,13-14H,11-12,20H2,1-6H3. The van der Waals surface area contributed by atoms with Crippen molar-refractivity contribution in [1.82, 2.24) is 14.8 Å². The van der Waals surface area contributed by atoms with Crippen molar-refractivity contribution in [3.05, 3.63) is 41.2 Å². The third-order valence-electron chi connectivity index (χ3n) is 4.16. The molecule has 26 heavy (non-hydrogen) atoms. The maximum atomic E-state index is 13.0. The zero-order valence-corrected chi connectivity index (χ0v) is 17.3. The van der Waals surface area contributed by atoms with E-state index in [0.29, 0.717) is 12.4 Å². The van der Waals surface area contributed by atoms with Crippen molar-refractivity contribution >= 4 is 9.84 Å². The number of aromatic nitrogens is 3. The van der Waals surface area contributed by atoms with E-state index in [1.54, 1.807) is 11.5 Å². The van der Waals surface area contributed by atoms with E-state index in [-0.39, 0.29) is 28.3 Å². The van der Waals surface area contributed by atoms with Crippen LogP contribution in [0, 0.1) is 5.92 Å². The van der Waals surface area contributed by atoms with Crippen molar-refractivity contribution in [3.8, 4) is 0 Å². The molecule has 1 aromatic carbocycles. The molecule has 0 fully saturated rings. The summed E-state index contributed by atoms with van der Waals surface area (Å²) in [5.74, 6) is 0.649. The number of rotatable bonds is 6. The third-order valence-corrected chi connectivity index (χ3v) is 5.73. The molecule has 0 saturated heterocycles. The smallest absolute Gasteiger partial charge is 0.250 e. The van der Waals surface area contributed by atoms with Gasteiger partial charge in [0.05, 0.1) is 11.8 Å². The quantitative estimate of drug-likeness (QED) is 0.833. The Hall–Kier alpha value is -1.73. The molecule has 1 atom stereocenters. The van der Waals surface area contributed by atoms with Crippen LogP contribution in [-0.4, -0.2) is 23.2 Å². The van der Waals surface area contributed by atoms with Gasteiger partial charge in [0.25, 0.3) is 0 Å². The Labute approximate surface area is 156 Å². The van der Waals surface area contributed by atoms with Crippen molar-refractivity contribution in [3.63, 3.8) is 0 Å². The fourth-order valence-corrected chi connectivity index (χ4v) is 4.22. The van der Waals surface area contributed by atoms with Gasteiger partial charge in [-0.15, -0.1) is 10.2 Å². The second-order valence-corrected chi connectivity index (χ2v) is 10.2. The molecule has 0 aliphatic heterocycles. The van der Waals surface area contributed by atoms with Gasteiger partial charge in [0, 0.05) is 6.54 Å². The maximum absolute atomic E-state index is 13.0. The lowest BCUT2D eigenvalue weighted by Crippen LogP contribution is -2.20. The topological polar surface area (TPSA) is 90.9 Å². The van der Waals surface area contributed by atoms with E-state index >= 15 is 0 Å². The molecule has 1 aromatic heterocycles. The first-order valence-electron chi connectivity index (χ1n) is 8.92. The van der Waals surface area contributed by atoms with Gasteiger partial charge in [-0.1, -0.05) is 58.9 Å². The fraction of sp³-hybridized carbons (Fsp3) is 0.579. The highest BCUT2D eigenvalue weighted by atomic mass is 32.2. The van der Waals surface area contributed by atoms with Gasteiger partial charge in [-0.3, -0.25) is 0 Å². The highest BCUT2D eigenvalue weighted by Crippen LogP contribution is 2.24. The van der Waals surface area contributed by atoms with Crippen LogP contribution in [0.4, 0.5) is 0 Å². The second kappa shape index (κ2) is 7.48. The second-order valence-electron chi connectivity index (χ2n) is 8.34. The maximum Gasteiger partial charge on any atom is 0.250 e. The van der Waals surface area contributed by atoms with Crippen molar-refractivity contribution in [1.29, 1.82) is 0 Å². The molecule has 0 bridgehead atoms. The van der Waals surface area contributed by atoms with Crippen LogP contribution in [0.2, 0.25) is 0 Å². The van der Waals surface area contributed by atoms with Crippen LogP contribution in [0.3, 0.4) is 0 Å². The molecule has 6 nitrogen and oxygen atoms in total. The fourth-order valence-electron chi connectivity index (χ4n) is 2.79. The van der Waals surface area contributed by atoms with Gasteiger partial charge in [0.2, 0.25) is 15.0 Å². The molecule has 2 rings (SSSR count). The van der Waals surface area contributed by atoms with E-state index in [1.807, 2.05) is 38.1 Å². The van der Waals surface area contributed by atoms with Crippen LogP contribution in [-0.2, 0) is 27.5 Å². The molecule has 1 unspecified atom stereocenters. The lowest BCUT2D eigenvalue weighted by atomic mass is 9.87. The normalized spacial score (nSPS) is 14.0. The van der Waals surface area contributed by atoms with Gasteiger partial charge < -0.3 is 10.3 Å². The van der Waals surface area contributed by atoms with Crippen LogP contribution >= 0.6 is 0 Å². The van der Waals surface area contributed by atoms with Gasteiger partial charge in [0.15, 0.2) is 5.82 Å². The van der Waals surface area contributed by atoms with Gasteiger partial charge in [0.1, 0.15) is 0 Å². The van der Waals surface area contributed by atoms with Gasteiger partial charge in [-0.05, 0) is 29.4 Å². The first-order valence-corrected chi connectivity index (χ1v) is 10.6. The van der Waals surface area contributed by atoms with E-state index in [9.17, 15) is 8.42 Å². The lowest BCUT2D eigenvalue weighted by molar-refractivity contribution is 0.461. The van der Waals surface area contributed by atoms with Gasteiger partial charge in [-0.2, -0.15) is 0 Å². The summed E-state index contributed by atoms with van der Waals surface area (Å²) < 4.78 is 27.6. The Kier molecular flexibility index (Phi) is 5.92. The van der Waals surface area contributed by atoms with E-state index in [4.69, 9.17) is 5.73 Å². The summed E-state index contributed by atoms with van der Waals surface area (Å²) in [4.78, 5) is 0. The molecule has 0 aliphatic rings. The molecule has 0 radical (unpaired) electrons. The van der Waals surface area contributed by atoms with E-state index in [0.717, 1.165) is 5.56 Å². The molecule has 2 N–H and O–H groups in total. The predicted molar refractivity (Wildman–Crippen MR) is 103 cm³/mol. The first-order chi connectivity index (χ1) is 11.9. The summed E-state index contributed by atoms with van der Waals surface area (Å²) in [7, 11) is -3.62. The Morgan fingerprint density at radius 3 is 2.12 bits per heavy atom. The number of sulfone groups is 1. The van der Waals surface area contributed by atoms with Crippen molar-refractivity contribution < 1.29 is 8.42 Å². The zero-order valence-electron chi connectivity index (χ0n) is 16.5. The summed E-state index contributed by atoms with van der Waals surface area (Å²) in [6.07, 6.45) is 0. The highest BCUT2D eigenvalue weighted by molar-refractivity contribution is 7.90. The Bertz CT molecular complexity index is 845. The number of hydrogen-bond acceptors (Lipinski definition) is 5. The third kappa shape index (κ3) is 4.71. The Morgan fingerprint density at radius 1 is 1.08 bits per heavy atom. The molecular weight excluding hydrogens is 348 g/mol. The number of nitrogens with two attached hydrogens (primary N) is 1. The zero-order chi connectivity index (χ0) is 19.7. The van der Waals surface area contributed by atoms with Crippen LogP contribution < -0.4 is 5.73 Å². The lowest BCUT2D eigenvalue weighted by Gasteiger charge is -2.19. The first kappa shape index (κ1) is 20.6. The molecular formula is C19H30N4O2S. The average Bonchev–Trinajstić information content (AvgIpc) is 2.90. The average molecular weight is 379 g/mol. The minimum atomic E-state index is -3.62. The van der Waals surface area contributed by atoms with Crippen LogP contribution in [0.15, 0.2) is 29.4 Å². The molecule has 0 aliphatic carbocycles. The van der Waals surface area contributed by atoms with E-state index < -0.39 is 9.84 Å². The molecule has 7 heteroatoms. The molecule has 0 spiro atoms. The SMILES string of the molecule is CC(C)Cn1c(C(C)N)nnc1S(=O)(=O)Cc1ccc(C(C)(C)C)cc1. The Morgan fingerprint density at radius 2 is 1.65 bits per heavy atom. The minimum Gasteiger partial charge on any atom is -0.322 e. The molecule has 0 saturated carbocycles. The largest absolute Gasteiger partial charge is 0.322 e. The summed E-state index contributed by atoms with van der Waals surface area (Å²) in [5, 5.41) is 7.99.